The summed E-state index contributed by atoms with van der Waals surface area (Å²) in [6.45, 7) is 5.93. The number of amides is 3. The molecule has 8 heteroatoms. The van der Waals surface area contributed by atoms with E-state index in [4.69, 9.17) is 0 Å². The van der Waals surface area contributed by atoms with Crippen molar-refractivity contribution in [2.24, 2.45) is 18.1 Å². The van der Waals surface area contributed by atoms with Crippen molar-refractivity contribution in [2.75, 3.05) is 0 Å². The van der Waals surface area contributed by atoms with Gasteiger partial charge in [0.15, 0.2) is 11.9 Å². The normalized spacial score (nSPS) is 16.4. The Kier molecular flexibility index (Phi) is 7.33. The molecule has 0 saturated carbocycles. The van der Waals surface area contributed by atoms with Crippen molar-refractivity contribution in [3.63, 3.8) is 0 Å². The lowest BCUT2D eigenvalue weighted by Gasteiger charge is -2.34. The van der Waals surface area contributed by atoms with Gasteiger partial charge in [-0.15, -0.1) is 0 Å². The summed E-state index contributed by atoms with van der Waals surface area (Å²) in [5.74, 6) is -0.753. The minimum atomic E-state index is -0.962. The molecule has 36 heavy (non-hydrogen) atoms. The van der Waals surface area contributed by atoms with E-state index >= 15 is 0 Å². The van der Waals surface area contributed by atoms with Crippen LogP contribution >= 0.6 is 0 Å². The molecule has 186 valence electrons. The molecule has 8 nitrogen and oxygen atoms in total. The molecular weight excluding hydrogens is 454 g/mol. The predicted molar refractivity (Wildman–Crippen MR) is 138 cm³/mol. The van der Waals surface area contributed by atoms with Crippen LogP contribution in [0.4, 0.5) is 0 Å². The number of hydrogen-bond acceptors (Lipinski definition) is 4. The maximum Gasteiger partial charge on any atom is 0.266 e. The van der Waals surface area contributed by atoms with Crippen LogP contribution in [0.2, 0.25) is 0 Å². The topological polar surface area (TPSA) is 95.8 Å². The molecule has 1 aliphatic rings. The van der Waals surface area contributed by atoms with Gasteiger partial charge in [0.1, 0.15) is 6.04 Å². The zero-order chi connectivity index (χ0) is 25.8. The second-order valence-corrected chi connectivity index (χ2v) is 9.52. The molecule has 3 aromatic rings. The first-order valence-electron chi connectivity index (χ1n) is 12.0. The summed E-state index contributed by atoms with van der Waals surface area (Å²) in [7, 11) is 1.85. The molecule has 2 aromatic carbocycles. The number of aryl methyl sites for hydroxylation is 2. The highest BCUT2D eigenvalue weighted by Gasteiger charge is 2.40. The number of hydrogen-bond donors (Lipinski definition) is 2. The van der Waals surface area contributed by atoms with Gasteiger partial charge in [0.25, 0.3) is 17.7 Å². The maximum absolute atomic E-state index is 14.0. The van der Waals surface area contributed by atoms with Crippen molar-refractivity contribution in [2.45, 2.75) is 39.3 Å². The second-order valence-electron chi connectivity index (χ2n) is 9.52. The third-order valence-corrected chi connectivity index (χ3v) is 6.01. The third kappa shape index (κ3) is 5.54. The van der Waals surface area contributed by atoms with Crippen LogP contribution < -0.4 is 10.6 Å². The predicted octanol–water partition coefficient (Wildman–Crippen LogP) is 3.54. The Bertz CT molecular complexity index is 1280. The molecule has 0 fully saturated rings. The Hall–Kier alpha value is -4.20. The molecule has 1 aliphatic heterocycles. The van der Waals surface area contributed by atoms with Gasteiger partial charge in [-0.25, -0.2) is 5.01 Å². The zero-order valence-electron chi connectivity index (χ0n) is 20.9. The standard InChI is InChI=1S/C28H31N5O3/c1-18(2)16-23(29-26(34)21-8-6-5-7-9-21)28(36)33-24(22-14-15-32(4)17-22)27(35)30-25(31-33)20-12-10-19(3)11-13-20/h5-15,17-18,23-24H,16H2,1-4H3,(H,29,34)(H,30,31,35)/t23-,24-/m1/s1. The summed E-state index contributed by atoms with van der Waals surface area (Å²) >= 11 is 0. The van der Waals surface area contributed by atoms with Crippen LogP contribution in [0.3, 0.4) is 0 Å². The van der Waals surface area contributed by atoms with Gasteiger partial charge in [-0.3, -0.25) is 14.4 Å². The van der Waals surface area contributed by atoms with Gasteiger partial charge in [-0.1, -0.05) is 61.9 Å². The Morgan fingerprint density at radius 1 is 1.06 bits per heavy atom. The van der Waals surface area contributed by atoms with E-state index in [9.17, 15) is 14.4 Å². The van der Waals surface area contributed by atoms with Crippen LogP contribution in [-0.4, -0.2) is 39.2 Å². The molecule has 2 heterocycles. The molecule has 3 amide bonds. The van der Waals surface area contributed by atoms with Crippen LogP contribution in [-0.2, 0) is 16.6 Å². The molecular formula is C28H31N5O3. The minimum absolute atomic E-state index is 0.115. The first kappa shape index (κ1) is 24.9. The summed E-state index contributed by atoms with van der Waals surface area (Å²) in [5, 5.41) is 11.6. The first-order valence-corrected chi connectivity index (χ1v) is 12.0. The Morgan fingerprint density at radius 2 is 1.75 bits per heavy atom. The van der Waals surface area contributed by atoms with E-state index in [0.717, 1.165) is 5.56 Å². The van der Waals surface area contributed by atoms with E-state index in [1.54, 1.807) is 36.5 Å². The van der Waals surface area contributed by atoms with Crippen LogP contribution in [0.25, 0.3) is 0 Å². The maximum atomic E-state index is 14.0. The molecule has 0 radical (unpaired) electrons. The Labute approximate surface area is 211 Å². The van der Waals surface area contributed by atoms with Crippen molar-refractivity contribution in [1.29, 1.82) is 0 Å². The lowest BCUT2D eigenvalue weighted by molar-refractivity contribution is -0.143. The highest BCUT2D eigenvalue weighted by molar-refractivity contribution is 6.12. The molecule has 1 aromatic heterocycles. The fourth-order valence-corrected chi connectivity index (χ4v) is 4.17. The van der Waals surface area contributed by atoms with Gasteiger partial charge < -0.3 is 15.2 Å². The first-order chi connectivity index (χ1) is 17.2. The minimum Gasteiger partial charge on any atom is -0.357 e. The molecule has 0 bridgehead atoms. The number of rotatable bonds is 7. The number of carbonyl (C=O) groups is 3. The number of nitrogens with zero attached hydrogens (tertiary/aromatic N) is 3. The highest BCUT2D eigenvalue weighted by Crippen LogP contribution is 2.27. The summed E-state index contributed by atoms with van der Waals surface area (Å²) in [5.41, 5.74) is 2.84. The number of nitrogens with one attached hydrogen (secondary N) is 2. The SMILES string of the molecule is Cc1ccc(C2=NN(C(=O)[C@@H](CC(C)C)NC(=O)c3ccccc3)[C@H](c3ccn(C)c3)C(=O)N2)cc1. The third-order valence-electron chi connectivity index (χ3n) is 6.01. The number of amidine groups is 1. The van der Waals surface area contributed by atoms with E-state index < -0.39 is 18.0 Å². The zero-order valence-corrected chi connectivity index (χ0v) is 20.9. The van der Waals surface area contributed by atoms with Crippen LogP contribution in [0.1, 0.15) is 53.4 Å². The average molecular weight is 486 g/mol. The number of carbonyl (C=O) groups excluding carboxylic acids is 3. The van der Waals surface area contributed by atoms with Gasteiger partial charge >= 0.3 is 0 Å². The second kappa shape index (κ2) is 10.6. The Morgan fingerprint density at radius 3 is 2.36 bits per heavy atom. The van der Waals surface area contributed by atoms with Gasteiger partial charge in [-0.05, 0) is 37.5 Å². The molecule has 2 N–H and O–H groups in total. The number of hydrazone groups is 1. The number of aromatic nitrogens is 1. The van der Waals surface area contributed by atoms with Crippen molar-refractivity contribution in [1.82, 2.24) is 20.2 Å². The van der Waals surface area contributed by atoms with Crippen molar-refractivity contribution < 1.29 is 14.4 Å². The fourth-order valence-electron chi connectivity index (χ4n) is 4.17. The molecule has 0 spiro atoms. The molecule has 0 unspecified atom stereocenters. The van der Waals surface area contributed by atoms with E-state index in [1.807, 2.05) is 68.9 Å². The molecule has 0 aliphatic carbocycles. The quantitative estimate of drug-likeness (QED) is 0.536. The largest absolute Gasteiger partial charge is 0.357 e. The van der Waals surface area contributed by atoms with E-state index in [1.165, 1.54) is 5.01 Å². The molecule has 4 rings (SSSR count). The monoisotopic (exact) mass is 485 g/mol. The van der Waals surface area contributed by atoms with Gasteiger partial charge in [0.2, 0.25) is 0 Å². The van der Waals surface area contributed by atoms with Crippen molar-refractivity contribution in [3.8, 4) is 0 Å². The van der Waals surface area contributed by atoms with Gasteiger partial charge in [0.05, 0.1) is 0 Å². The van der Waals surface area contributed by atoms with E-state index in [2.05, 4.69) is 15.7 Å². The summed E-state index contributed by atoms with van der Waals surface area (Å²) in [6, 6.07) is 16.3. The smallest absolute Gasteiger partial charge is 0.266 e. The van der Waals surface area contributed by atoms with Crippen LogP contribution in [0, 0.1) is 12.8 Å². The Balaban J connectivity index is 1.73. The van der Waals surface area contributed by atoms with Gasteiger partial charge in [-0.2, -0.15) is 5.10 Å². The van der Waals surface area contributed by atoms with Crippen molar-refractivity contribution in [3.05, 3.63) is 95.3 Å². The van der Waals surface area contributed by atoms with E-state index in [0.29, 0.717) is 28.9 Å². The number of benzene rings is 2. The highest BCUT2D eigenvalue weighted by atomic mass is 16.2. The lowest BCUT2D eigenvalue weighted by atomic mass is 10.0. The summed E-state index contributed by atoms with van der Waals surface area (Å²) in [6.07, 6.45) is 4.00. The van der Waals surface area contributed by atoms with Gasteiger partial charge in [0, 0.05) is 36.1 Å². The molecule has 2 atom stereocenters. The fraction of sp³-hybridized carbons (Fsp3) is 0.286. The van der Waals surface area contributed by atoms with Crippen LogP contribution in [0.15, 0.2) is 78.2 Å². The van der Waals surface area contributed by atoms with Crippen molar-refractivity contribution >= 4 is 23.6 Å². The summed E-state index contributed by atoms with van der Waals surface area (Å²) in [4.78, 5) is 40.3. The van der Waals surface area contributed by atoms with Crippen LogP contribution in [0.5, 0.6) is 0 Å². The lowest BCUT2D eigenvalue weighted by Crippen LogP contribution is -2.54. The summed E-state index contributed by atoms with van der Waals surface area (Å²) < 4.78 is 1.81. The average Bonchev–Trinajstić information content (AvgIpc) is 3.29. The molecule has 0 saturated heterocycles. The van der Waals surface area contributed by atoms with E-state index in [-0.39, 0.29) is 17.7 Å².